The van der Waals surface area contributed by atoms with Crippen molar-refractivity contribution in [2.45, 2.75) is 47.6 Å². The zero-order chi connectivity index (χ0) is 22.3. The van der Waals surface area contributed by atoms with Gasteiger partial charge in [0.2, 0.25) is 5.13 Å². The van der Waals surface area contributed by atoms with Gasteiger partial charge >= 0.3 is 0 Å². The first-order chi connectivity index (χ1) is 14.7. The lowest BCUT2D eigenvalue weighted by Crippen LogP contribution is -2.14. The molecule has 7 heteroatoms. The third-order valence-electron chi connectivity index (χ3n) is 5.02. The summed E-state index contributed by atoms with van der Waals surface area (Å²) in [6, 6.07) is 11.3. The molecule has 31 heavy (non-hydrogen) atoms. The molecule has 0 saturated carbocycles. The maximum Gasteiger partial charge on any atom is 0.255 e. The average Bonchev–Trinajstić information content (AvgIpc) is 3.27. The molecule has 0 atom stereocenters. The number of amides is 1. The van der Waals surface area contributed by atoms with E-state index < -0.39 is 0 Å². The van der Waals surface area contributed by atoms with Gasteiger partial charge in [0, 0.05) is 16.9 Å². The van der Waals surface area contributed by atoms with Crippen LogP contribution >= 0.6 is 11.3 Å². The summed E-state index contributed by atoms with van der Waals surface area (Å²) in [5.41, 5.74) is 6.31. The van der Waals surface area contributed by atoms with E-state index in [4.69, 9.17) is 9.72 Å². The van der Waals surface area contributed by atoms with Gasteiger partial charge in [-0.1, -0.05) is 11.3 Å². The molecule has 0 unspecified atom stereocenters. The molecule has 2 aromatic heterocycles. The fourth-order valence-electron chi connectivity index (χ4n) is 3.62. The predicted octanol–water partition coefficient (Wildman–Crippen LogP) is 5.76. The molecule has 1 N–H and O–H groups in total. The molecular weight excluding hydrogens is 408 g/mol. The Balaban J connectivity index is 1.64. The lowest BCUT2D eigenvalue weighted by molar-refractivity contribution is 0.102. The Morgan fingerprint density at radius 2 is 1.81 bits per heavy atom. The van der Waals surface area contributed by atoms with E-state index in [2.05, 4.69) is 10.4 Å². The van der Waals surface area contributed by atoms with Crippen molar-refractivity contribution in [2.24, 2.45) is 0 Å². The van der Waals surface area contributed by atoms with E-state index in [0.29, 0.717) is 5.56 Å². The fourth-order valence-corrected chi connectivity index (χ4v) is 4.68. The van der Waals surface area contributed by atoms with Crippen LogP contribution in [0, 0.1) is 27.7 Å². The molecule has 0 spiro atoms. The van der Waals surface area contributed by atoms with Gasteiger partial charge < -0.3 is 10.1 Å². The van der Waals surface area contributed by atoms with Crippen molar-refractivity contribution in [3.63, 3.8) is 0 Å². The highest BCUT2D eigenvalue weighted by Crippen LogP contribution is 2.35. The molecule has 4 aromatic rings. The summed E-state index contributed by atoms with van der Waals surface area (Å²) in [5, 5.41) is 8.46. The highest BCUT2D eigenvalue weighted by Gasteiger charge is 2.17. The third-order valence-corrected chi connectivity index (χ3v) is 6.19. The minimum Gasteiger partial charge on any atom is -0.491 e. The molecule has 0 radical (unpaired) electrons. The second-order valence-electron chi connectivity index (χ2n) is 8.02. The number of benzene rings is 2. The molecule has 2 heterocycles. The van der Waals surface area contributed by atoms with Gasteiger partial charge in [0.1, 0.15) is 5.75 Å². The SMILES string of the molecule is Cc1cc(C)n(-c2nc3cc(C)c(NC(=O)c4ccc(OC(C)C)cc4)c(C)c3s2)n1. The van der Waals surface area contributed by atoms with Gasteiger partial charge in [-0.15, -0.1) is 0 Å². The van der Waals surface area contributed by atoms with Crippen molar-refractivity contribution in [2.75, 3.05) is 5.32 Å². The van der Waals surface area contributed by atoms with Gasteiger partial charge in [-0.2, -0.15) is 5.10 Å². The molecule has 0 aliphatic heterocycles. The van der Waals surface area contributed by atoms with Crippen molar-refractivity contribution in [1.29, 1.82) is 0 Å². The van der Waals surface area contributed by atoms with Crippen LogP contribution in [0.2, 0.25) is 0 Å². The van der Waals surface area contributed by atoms with E-state index >= 15 is 0 Å². The first-order valence-corrected chi connectivity index (χ1v) is 11.1. The number of aromatic nitrogens is 3. The van der Waals surface area contributed by atoms with Crippen molar-refractivity contribution in [3.05, 3.63) is 64.5 Å². The highest BCUT2D eigenvalue weighted by molar-refractivity contribution is 7.21. The van der Waals surface area contributed by atoms with Crippen LogP contribution in [0.5, 0.6) is 5.75 Å². The number of rotatable bonds is 5. The van der Waals surface area contributed by atoms with Gasteiger partial charge in [-0.25, -0.2) is 9.67 Å². The number of thiazole rings is 1. The van der Waals surface area contributed by atoms with Crippen LogP contribution in [0.1, 0.15) is 46.7 Å². The number of ether oxygens (including phenoxy) is 1. The van der Waals surface area contributed by atoms with Gasteiger partial charge in [-0.3, -0.25) is 4.79 Å². The molecule has 6 nitrogen and oxygen atoms in total. The molecule has 0 fully saturated rings. The number of anilines is 1. The van der Waals surface area contributed by atoms with E-state index in [-0.39, 0.29) is 12.0 Å². The van der Waals surface area contributed by atoms with E-state index in [1.54, 1.807) is 23.5 Å². The maximum atomic E-state index is 12.9. The summed E-state index contributed by atoms with van der Waals surface area (Å²) in [7, 11) is 0. The molecule has 0 aliphatic rings. The third kappa shape index (κ3) is 4.18. The zero-order valence-electron chi connectivity index (χ0n) is 18.6. The topological polar surface area (TPSA) is 69.0 Å². The summed E-state index contributed by atoms with van der Waals surface area (Å²) < 4.78 is 8.57. The maximum absolute atomic E-state index is 12.9. The van der Waals surface area contributed by atoms with Gasteiger partial charge in [-0.05, 0) is 89.1 Å². The van der Waals surface area contributed by atoms with Gasteiger partial charge in [0.05, 0.1) is 22.0 Å². The number of carbonyl (C=O) groups excluding carboxylic acids is 1. The second kappa shape index (κ2) is 8.15. The predicted molar refractivity (Wildman–Crippen MR) is 126 cm³/mol. The van der Waals surface area contributed by atoms with E-state index in [9.17, 15) is 4.79 Å². The largest absolute Gasteiger partial charge is 0.491 e. The van der Waals surface area contributed by atoms with Crippen molar-refractivity contribution in [3.8, 4) is 10.9 Å². The molecule has 0 saturated heterocycles. The minimum absolute atomic E-state index is 0.0930. The Morgan fingerprint density at radius 3 is 2.42 bits per heavy atom. The van der Waals surface area contributed by atoms with Crippen LogP contribution in [0.4, 0.5) is 5.69 Å². The Morgan fingerprint density at radius 1 is 1.10 bits per heavy atom. The van der Waals surface area contributed by atoms with E-state index in [1.807, 2.05) is 70.5 Å². The standard InChI is InChI=1S/C24H26N4O2S/c1-13(2)30-19-9-7-18(8-10-19)23(29)26-21-14(3)11-20-22(17(21)6)31-24(25-20)28-16(5)12-15(4)27-28/h7-13H,1-6H3,(H,26,29). The first kappa shape index (κ1) is 21.1. The summed E-state index contributed by atoms with van der Waals surface area (Å²) in [4.78, 5) is 17.7. The molecule has 1 amide bonds. The van der Waals surface area contributed by atoms with Crippen molar-refractivity contribution < 1.29 is 9.53 Å². The quantitative estimate of drug-likeness (QED) is 0.434. The number of hydrogen-bond donors (Lipinski definition) is 1. The number of fused-ring (bicyclic) bond motifs is 1. The number of nitrogens with zero attached hydrogens (tertiary/aromatic N) is 3. The summed E-state index contributed by atoms with van der Waals surface area (Å²) in [6.07, 6.45) is 0.0930. The number of aryl methyl sites for hydroxylation is 4. The summed E-state index contributed by atoms with van der Waals surface area (Å²) in [6.45, 7) is 12.0. The lowest BCUT2D eigenvalue weighted by atomic mass is 10.1. The van der Waals surface area contributed by atoms with Crippen molar-refractivity contribution >= 4 is 33.1 Å². The number of hydrogen-bond acceptors (Lipinski definition) is 5. The Labute approximate surface area is 185 Å². The molecule has 2 aromatic carbocycles. The van der Waals surface area contributed by atoms with Gasteiger partial charge in [0.15, 0.2) is 0 Å². The summed E-state index contributed by atoms with van der Waals surface area (Å²) >= 11 is 1.58. The Hall–Kier alpha value is -3.19. The molecule has 0 bridgehead atoms. The van der Waals surface area contributed by atoms with Crippen LogP contribution in [0.25, 0.3) is 15.3 Å². The Bertz CT molecular complexity index is 1270. The van der Waals surface area contributed by atoms with Crippen LogP contribution < -0.4 is 10.1 Å². The number of carbonyl (C=O) groups is 1. The molecule has 4 rings (SSSR count). The second-order valence-corrected chi connectivity index (χ2v) is 9.00. The average molecular weight is 435 g/mol. The van der Waals surface area contributed by atoms with Crippen LogP contribution in [0.15, 0.2) is 36.4 Å². The molecular formula is C24H26N4O2S. The highest BCUT2D eigenvalue weighted by atomic mass is 32.1. The van der Waals surface area contributed by atoms with Crippen LogP contribution in [-0.2, 0) is 0 Å². The first-order valence-electron chi connectivity index (χ1n) is 10.3. The van der Waals surface area contributed by atoms with Crippen LogP contribution in [-0.4, -0.2) is 26.8 Å². The number of nitrogens with one attached hydrogen (secondary N) is 1. The normalized spacial score (nSPS) is 11.3. The van der Waals surface area contributed by atoms with Crippen molar-refractivity contribution in [1.82, 2.24) is 14.8 Å². The van der Waals surface area contributed by atoms with E-state index in [1.165, 1.54) is 0 Å². The fraction of sp³-hybridized carbons (Fsp3) is 0.292. The minimum atomic E-state index is -0.148. The smallest absolute Gasteiger partial charge is 0.255 e. The molecule has 160 valence electrons. The van der Waals surface area contributed by atoms with Crippen LogP contribution in [0.3, 0.4) is 0 Å². The summed E-state index contributed by atoms with van der Waals surface area (Å²) in [5.74, 6) is 0.603. The van der Waals surface area contributed by atoms with Gasteiger partial charge in [0.25, 0.3) is 5.91 Å². The monoisotopic (exact) mass is 434 g/mol. The van der Waals surface area contributed by atoms with E-state index in [0.717, 1.165) is 49.3 Å². The molecule has 0 aliphatic carbocycles. The lowest BCUT2D eigenvalue weighted by Gasteiger charge is -2.13. The Kier molecular flexibility index (Phi) is 5.54. The zero-order valence-corrected chi connectivity index (χ0v) is 19.4.